The van der Waals surface area contributed by atoms with Gasteiger partial charge in [0.2, 0.25) is 0 Å². The smallest absolute Gasteiger partial charge is 0.261 e. The lowest BCUT2D eigenvalue weighted by Gasteiger charge is -2.11. The van der Waals surface area contributed by atoms with Gasteiger partial charge in [-0.25, -0.2) is 8.42 Å². The number of halogens is 1. The maximum Gasteiger partial charge on any atom is 0.261 e. The van der Waals surface area contributed by atoms with Crippen molar-refractivity contribution < 1.29 is 13.2 Å². The molecule has 28 heavy (non-hydrogen) atoms. The van der Waals surface area contributed by atoms with E-state index in [0.717, 1.165) is 15.6 Å². The summed E-state index contributed by atoms with van der Waals surface area (Å²) in [5.74, 6) is -0.377. The molecule has 0 aromatic heterocycles. The highest BCUT2D eigenvalue weighted by Crippen LogP contribution is 2.22. The first-order chi connectivity index (χ1) is 13.2. The number of carbonyl (C=O) groups is 1. The molecule has 0 bridgehead atoms. The Hall–Kier alpha value is -2.64. The molecule has 7 heteroatoms. The summed E-state index contributed by atoms with van der Waals surface area (Å²) >= 11 is 3.38. The van der Waals surface area contributed by atoms with Crippen molar-refractivity contribution in [1.29, 1.82) is 0 Å². The van der Waals surface area contributed by atoms with Gasteiger partial charge in [0.1, 0.15) is 0 Å². The van der Waals surface area contributed by atoms with Crippen LogP contribution >= 0.6 is 15.9 Å². The first-order valence-corrected chi connectivity index (χ1v) is 10.8. The third-order valence-electron chi connectivity index (χ3n) is 4.15. The van der Waals surface area contributed by atoms with Crippen molar-refractivity contribution in [1.82, 2.24) is 0 Å². The summed E-state index contributed by atoms with van der Waals surface area (Å²) in [6.45, 7) is 3.81. The van der Waals surface area contributed by atoms with Crippen molar-refractivity contribution in [3.63, 3.8) is 0 Å². The second-order valence-corrected chi connectivity index (χ2v) is 9.01. The molecule has 0 aliphatic rings. The predicted molar refractivity (Wildman–Crippen MR) is 115 cm³/mol. The molecule has 5 nitrogen and oxygen atoms in total. The number of aryl methyl sites for hydroxylation is 2. The summed E-state index contributed by atoms with van der Waals surface area (Å²) in [4.78, 5) is 12.6. The largest absolute Gasteiger partial charge is 0.322 e. The van der Waals surface area contributed by atoms with Gasteiger partial charge in [-0.2, -0.15) is 0 Å². The number of carbonyl (C=O) groups excluding carboxylic acids is 1. The Kier molecular flexibility index (Phi) is 5.86. The van der Waals surface area contributed by atoms with Crippen LogP contribution in [-0.2, 0) is 10.0 Å². The number of nitrogens with one attached hydrogen (secondary N) is 2. The molecular weight excluding hydrogens is 440 g/mol. The highest BCUT2D eigenvalue weighted by atomic mass is 79.9. The topological polar surface area (TPSA) is 75.3 Å². The Morgan fingerprint density at radius 3 is 2.32 bits per heavy atom. The first-order valence-electron chi connectivity index (χ1n) is 8.52. The normalized spacial score (nSPS) is 11.1. The van der Waals surface area contributed by atoms with Gasteiger partial charge >= 0.3 is 0 Å². The Balaban J connectivity index is 1.82. The van der Waals surface area contributed by atoms with E-state index < -0.39 is 10.0 Å². The Morgan fingerprint density at radius 1 is 0.929 bits per heavy atom. The Morgan fingerprint density at radius 2 is 1.64 bits per heavy atom. The van der Waals surface area contributed by atoms with Crippen LogP contribution in [0.15, 0.2) is 76.1 Å². The van der Waals surface area contributed by atoms with Gasteiger partial charge in [-0.05, 0) is 67.9 Å². The monoisotopic (exact) mass is 458 g/mol. The molecule has 0 aliphatic heterocycles. The van der Waals surface area contributed by atoms with Crippen LogP contribution in [0.4, 0.5) is 11.4 Å². The minimum Gasteiger partial charge on any atom is -0.322 e. The van der Waals surface area contributed by atoms with E-state index in [0.29, 0.717) is 11.4 Å². The minimum atomic E-state index is -3.81. The predicted octanol–water partition coefficient (Wildman–Crippen LogP) is 5.12. The van der Waals surface area contributed by atoms with Crippen LogP contribution in [-0.4, -0.2) is 14.3 Å². The van der Waals surface area contributed by atoms with Gasteiger partial charge in [-0.15, -0.1) is 0 Å². The van der Waals surface area contributed by atoms with Crippen LogP contribution in [0.3, 0.4) is 0 Å². The quantitative estimate of drug-likeness (QED) is 0.556. The molecule has 0 saturated heterocycles. The van der Waals surface area contributed by atoms with Crippen molar-refractivity contribution >= 4 is 43.2 Å². The fourth-order valence-electron chi connectivity index (χ4n) is 2.60. The van der Waals surface area contributed by atoms with Crippen molar-refractivity contribution in [2.45, 2.75) is 18.7 Å². The zero-order valence-electron chi connectivity index (χ0n) is 15.4. The maximum absolute atomic E-state index is 12.7. The number of sulfonamides is 1. The third-order valence-corrected chi connectivity index (χ3v) is 6.02. The van der Waals surface area contributed by atoms with Crippen molar-refractivity contribution in [3.05, 3.63) is 87.9 Å². The molecule has 0 unspecified atom stereocenters. The lowest BCUT2D eigenvalue weighted by molar-refractivity contribution is 0.102. The van der Waals surface area contributed by atoms with E-state index in [1.165, 1.54) is 12.1 Å². The fourth-order valence-corrected chi connectivity index (χ4v) is 4.18. The summed E-state index contributed by atoms with van der Waals surface area (Å²) < 4.78 is 28.8. The van der Waals surface area contributed by atoms with Gasteiger partial charge in [0.05, 0.1) is 4.90 Å². The number of hydrogen-bond donors (Lipinski definition) is 2. The molecule has 0 atom stereocenters. The molecule has 1 amide bonds. The molecule has 144 valence electrons. The van der Waals surface area contributed by atoms with E-state index in [-0.39, 0.29) is 16.4 Å². The number of amides is 1. The molecular formula is C21H19BrN2O3S. The van der Waals surface area contributed by atoms with Gasteiger partial charge in [0.15, 0.2) is 0 Å². The van der Waals surface area contributed by atoms with E-state index in [9.17, 15) is 13.2 Å². The number of benzene rings is 3. The van der Waals surface area contributed by atoms with E-state index >= 15 is 0 Å². The van der Waals surface area contributed by atoms with E-state index in [1.54, 1.807) is 30.3 Å². The van der Waals surface area contributed by atoms with Crippen molar-refractivity contribution in [2.24, 2.45) is 0 Å². The van der Waals surface area contributed by atoms with E-state index in [2.05, 4.69) is 26.0 Å². The van der Waals surface area contributed by atoms with Crippen LogP contribution in [0.5, 0.6) is 0 Å². The average molecular weight is 459 g/mol. The average Bonchev–Trinajstić information content (AvgIpc) is 2.66. The molecule has 3 aromatic rings. The lowest BCUT2D eigenvalue weighted by Crippen LogP contribution is -2.16. The highest BCUT2D eigenvalue weighted by molar-refractivity contribution is 9.10. The maximum atomic E-state index is 12.7. The lowest BCUT2D eigenvalue weighted by atomic mass is 10.1. The number of anilines is 2. The molecule has 2 N–H and O–H groups in total. The number of hydrogen-bond acceptors (Lipinski definition) is 3. The van der Waals surface area contributed by atoms with Gasteiger partial charge < -0.3 is 5.32 Å². The summed E-state index contributed by atoms with van der Waals surface area (Å²) in [5, 5.41) is 2.81. The second-order valence-electron chi connectivity index (χ2n) is 6.41. The van der Waals surface area contributed by atoms with Crippen LogP contribution in [0.2, 0.25) is 0 Å². The fraction of sp³-hybridized carbons (Fsp3) is 0.0952. The van der Waals surface area contributed by atoms with Crippen molar-refractivity contribution in [3.8, 4) is 0 Å². The van der Waals surface area contributed by atoms with E-state index in [4.69, 9.17) is 0 Å². The van der Waals surface area contributed by atoms with Gasteiger partial charge in [0.25, 0.3) is 15.9 Å². The van der Waals surface area contributed by atoms with Gasteiger partial charge in [0, 0.05) is 21.4 Å². The third kappa shape index (κ3) is 4.79. The zero-order valence-corrected chi connectivity index (χ0v) is 17.8. The SMILES string of the molecule is Cc1ccc(NS(=O)(=O)c2cccc(C(=O)Nc3ccc(Br)cc3C)c2)cc1. The first kappa shape index (κ1) is 20.1. The standard InChI is InChI=1S/C21H19BrN2O3S/c1-14-6-9-18(10-7-14)24-28(26,27)19-5-3-4-16(13-19)21(25)23-20-11-8-17(22)12-15(20)2/h3-13,24H,1-2H3,(H,23,25). The molecule has 0 saturated carbocycles. The molecule has 0 aliphatic carbocycles. The number of rotatable bonds is 5. The van der Waals surface area contributed by atoms with Crippen LogP contribution in [0.1, 0.15) is 21.5 Å². The van der Waals surface area contributed by atoms with Crippen molar-refractivity contribution in [2.75, 3.05) is 10.0 Å². The molecule has 3 aromatic carbocycles. The molecule has 3 rings (SSSR count). The summed E-state index contributed by atoms with van der Waals surface area (Å²) in [6.07, 6.45) is 0. The van der Waals surface area contributed by atoms with Crippen LogP contribution in [0, 0.1) is 13.8 Å². The molecule has 0 radical (unpaired) electrons. The Bertz CT molecular complexity index is 1130. The molecule has 0 heterocycles. The summed E-state index contributed by atoms with van der Waals surface area (Å²) in [6, 6.07) is 18.5. The minimum absolute atomic E-state index is 0.0215. The van der Waals surface area contributed by atoms with E-state index in [1.807, 2.05) is 38.1 Å². The van der Waals surface area contributed by atoms with Gasteiger partial charge in [-0.3, -0.25) is 9.52 Å². The van der Waals surface area contributed by atoms with Gasteiger partial charge in [-0.1, -0.05) is 39.7 Å². The molecule has 0 spiro atoms. The van der Waals surface area contributed by atoms with Crippen LogP contribution < -0.4 is 10.0 Å². The summed E-state index contributed by atoms with van der Waals surface area (Å²) in [7, 11) is -3.81. The second kappa shape index (κ2) is 8.16. The molecule has 0 fully saturated rings. The van der Waals surface area contributed by atoms with Crippen LogP contribution in [0.25, 0.3) is 0 Å². The highest BCUT2D eigenvalue weighted by Gasteiger charge is 2.17. The summed E-state index contributed by atoms with van der Waals surface area (Å²) in [5.41, 5.74) is 3.32. The zero-order chi connectivity index (χ0) is 20.3. The Labute approximate surface area is 173 Å².